The van der Waals surface area contributed by atoms with Crippen molar-refractivity contribution in [1.82, 2.24) is 0 Å². The highest BCUT2D eigenvalue weighted by Gasteiger charge is 2.07. The number of ether oxygens (including phenoxy) is 1. The van der Waals surface area contributed by atoms with Crippen molar-refractivity contribution in [2.24, 2.45) is 0 Å². The SMILES string of the molecule is Cc1ccc(Br)cc1NC(C)c1ccc(OCC#N)cc1. The van der Waals surface area contributed by atoms with Crippen LogP contribution in [0.15, 0.2) is 46.9 Å². The lowest BCUT2D eigenvalue weighted by Crippen LogP contribution is -2.07. The molecule has 0 fully saturated rings. The molecule has 0 aromatic heterocycles. The van der Waals surface area contributed by atoms with E-state index in [9.17, 15) is 0 Å². The minimum absolute atomic E-state index is 0.0738. The predicted octanol–water partition coefficient (Wildman–Crippen LogP) is 4.83. The number of anilines is 1. The molecule has 0 aliphatic heterocycles. The van der Waals surface area contributed by atoms with Crippen molar-refractivity contribution < 1.29 is 4.74 Å². The van der Waals surface area contributed by atoms with Gasteiger partial charge in [-0.2, -0.15) is 5.26 Å². The number of nitrogens with one attached hydrogen (secondary N) is 1. The van der Waals surface area contributed by atoms with Gasteiger partial charge in [-0.3, -0.25) is 0 Å². The van der Waals surface area contributed by atoms with Crippen LogP contribution in [0.2, 0.25) is 0 Å². The first-order chi connectivity index (χ1) is 10.1. The zero-order valence-electron chi connectivity index (χ0n) is 12.1. The molecule has 2 aromatic carbocycles. The molecule has 0 amide bonds. The third kappa shape index (κ3) is 4.24. The summed E-state index contributed by atoms with van der Waals surface area (Å²) in [6.45, 7) is 4.27. The number of nitriles is 1. The molecule has 2 rings (SSSR count). The molecule has 2 aromatic rings. The molecule has 0 radical (unpaired) electrons. The Hall–Kier alpha value is -1.99. The molecule has 0 bridgehead atoms. The Bertz CT molecular complexity index is 647. The fourth-order valence-electron chi connectivity index (χ4n) is 2.03. The maximum atomic E-state index is 8.49. The minimum atomic E-state index is 0.0738. The van der Waals surface area contributed by atoms with Gasteiger partial charge in [0.15, 0.2) is 6.61 Å². The number of aryl methyl sites for hydroxylation is 1. The van der Waals surface area contributed by atoms with Crippen molar-refractivity contribution >= 4 is 21.6 Å². The van der Waals surface area contributed by atoms with Crippen molar-refractivity contribution in [3.8, 4) is 11.8 Å². The summed E-state index contributed by atoms with van der Waals surface area (Å²) in [6.07, 6.45) is 0. The zero-order chi connectivity index (χ0) is 15.2. The summed E-state index contributed by atoms with van der Waals surface area (Å²) in [7, 11) is 0. The van der Waals surface area contributed by atoms with Gasteiger partial charge in [0.05, 0.1) is 0 Å². The summed E-state index contributed by atoms with van der Waals surface area (Å²) < 4.78 is 6.31. The molecular weight excluding hydrogens is 328 g/mol. The summed E-state index contributed by atoms with van der Waals surface area (Å²) in [5.41, 5.74) is 3.49. The van der Waals surface area contributed by atoms with Gasteiger partial charge in [-0.05, 0) is 49.2 Å². The molecule has 0 heterocycles. The number of halogens is 1. The van der Waals surface area contributed by atoms with Gasteiger partial charge in [-0.15, -0.1) is 0 Å². The fourth-order valence-corrected chi connectivity index (χ4v) is 2.40. The Morgan fingerprint density at radius 2 is 1.95 bits per heavy atom. The molecule has 0 aliphatic carbocycles. The van der Waals surface area contributed by atoms with E-state index in [2.05, 4.69) is 47.2 Å². The Morgan fingerprint density at radius 3 is 2.62 bits per heavy atom. The Balaban J connectivity index is 2.08. The van der Waals surface area contributed by atoms with Gasteiger partial charge in [-0.1, -0.05) is 34.1 Å². The highest BCUT2D eigenvalue weighted by molar-refractivity contribution is 9.10. The third-order valence-electron chi connectivity index (χ3n) is 3.26. The highest BCUT2D eigenvalue weighted by Crippen LogP contribution is 2.26. The first kappa shape index (κ1) is 15.4. The van der Waals surface area contributed by atoms with Crippen molar-refractivity contribution in [1.29, 1.82) is 5.26 Å². The molecule has 3 nitrogen and oxygen atoms in total. The normalized spacial score (nSPS) is 11.5. The van der Waals surface area contributed by atoms with Crippen molar-refractivity contribution in [2.75, 3.05) is 11.9 Å². The highest BCUT2D eigenvalue weighted by atomic mass is 79.9. The van der Waals surface area contributed by atoms with Crippen LogP contribution in [0.5, 0.6) is 5.75 Å². The Kier molecular flexibility index (Phi) is 5.24. The van der Waals surface area contributed by atoms with Crippen molar-refractivity contribution in [3.63, 3.8) is 0 Å². The van der Waals surface area contributed by atoms with E-state index in [1.165, 1.54) is 11.1 Å². The first-order valence-electron chi connectivity index (χ1n) is 6.72. The van der Waals surface area contributed by atoms with Crippen LogP contribution in [0.25, 0.3) is 0 Å². The molecule has 1 N–H and O–H groups in total. The molecule has 0 saturated carbocycles. The van der Waals surface area contributed by atoms with Crippen LogP contribution in [-0.4, -0.2) is 6.61 Å². The predicted molar refractivity (Wildman–Crippen MR) is 88.5 cm³/mol. The summed E-state index contributed by atoms with van der Waals surface area (Å²) in [4.78, 5) is 0. The molecular formula is C17H17BrN2O. The topological polar surface area (TPSA) is 45.0 Å². The van der Waals surface area contributed by atoms with E-state index in [1.807, 2.05) is 36.4 Å². The first-order valence-corrected chi connectivity index (χ1v) is 7.52. The molecule has 0 spiro atoms. The number of hydrogen-bond donors (Lipinski definition) is 1. The van der Waals surface area contributed by atoms with Gasteiger partial charge < -0.3 is 10.1 Å². The van der Waals surface area contributed by atoms with E-state index in [0.717, 1.165) is 10.2 Å². The molecule has 0 aliphatic rings. The number of rotatable bonds is 5. The molecule has 4 heteroatoms. The van der Waals surface area contributed by atoms with Crippen molar-refractivity contribution in [2.45, 2.75) is 19.9 Å². The van der Waals surface area contributed by atoms with Crippen LogP contribution in [-0.2, 0) is 0 Å². The summed E-state index contributed by atoms with van der Waals surface area (Å²) in [5, 5.41) is 12.0. The Morgan fingerprint density at radius 1 is 1.24 bits per heavy atom. The van der Waals surface area contributed by atoms with Gasteiger partial charge in [0.1, 0.15) is 11.8 Å². The van der Waals surface area contributed by atoms with Crippen LogP contribution >= 0.6 is 15.9 Å². The van der Waals surface area contributed by atoms with E-state index < -0.39 is 0 Å². The molecule has 0 saturated heterocycles. The average Bonchev–Trinajstić information content (AvgIpc) is 2.49. The average molecular weight is 345 g/mol. The zero-order valence-corrected chi connectivity index (χ0v) is 13.6. The Labute approximate surface area is 133 Å². The van der Waals surface area contributed by atoms with E-state index >= 15 is 0 Å². The lowest BCUT2D eigenvalue weighted by atomic mass is 10.1. The van der Waals surface area contributed by atoms with E-state index in [0.29, 0.717) is 5.75 Å². The second-order valence-electron chi connectivity index (χ2n) is 4.84. The van der Waals surface area contributed by atoms with E-state index in [1.54, 1.807) is 0 Å². The molecule has 1 unspecified atom stereocenters. The standard InChI is InChI=1S/C17H17BrN2O/c1-12-3-6-15(18)11-17(12)20-13(2)14-4-7-16(8-5-14)21-10-9-19/h3-8,11,13,20H,10H2,1-2H3. The summed E-state index contributed by atoms with van der Waals surface area (Å²) in [5.74, 6) is 0.714. The second-order valence-corrected chi connectivity index (χ2v) is 5.76. The monoisotopic (exact) mass is 344 g/mol. The fraction of sp³-hybridized carbons (Fsp3) is 0.235. The maximum absolute atomic E-state index is 8.49. The summed E-state index contributed by atoms with van der Waals surface area (Å²) in [6, 6.07) is 16.1. The smallest absolute Gasteiger partial charge is 0.174 e. The number of hydrogen-bond acceptors (Lipinski definition) is 3. The molecule has 108 valence electrons. The van der Waals surface area contributed by atoms with Gasteiger partial charge >= 0.3 is 0 Å². The largest absolute Gasteiger partial charge is 0.479 e. The second kappa shape index (κ2) is 7.14. The van der Waals surface area contributed by atoms with Crippen LogP contribution < -0.4 is 10.1 Å². The van der Waals surface area contributed by atoms with Crippen LogP contribution in [0, 0.1) is 18.3 Å². The van der Waals surface area contributed by atoms with E-state index in [-0.39, 0.29) is 12.6 Å². The molecule has 1 atom stereocenters. The maximum Gasteiger partial charge on any atom is 0.174 e. The molecule has 21 heavy (non-hydrogen) atoms. The lowest BCUT2D eigenvalue weighted by molar-refractivity contribution is 0.368. The van der Waals surface area contributed by atoms with Crippen LogP contribution in [0.3, 0.4) is 0 Å². The third-order valence-corrected chi connectivity index (χ3v) is 3.75. The van der Waals surface area contributed by atoms with Gasteiger partial charge in [0.25, 0.3) is 0 Å². The quantitative estimate of drug-likeness (QED) is 0.844. The van der Waals surface area contributed by atoms with Crippen LogP contribution in [0.4, 0.5) is 5.69 Å². The van der Waals surface area contributed by atoms with Crippen molar-refractivity contribution in [3.05, 3.63) is 58.1 Å². The van der Waals surface area contributed by atoms with Gasteiger partial charge in [0.2, 0.25) is 0 Å². The number of benzene rings is 2. The van der Waals surface area contributed by atoms with Gasteiger partial charge in [0, 0.05) is 16.2 Å². The van der Waals surface area contributed by atoms with Crippen LogP contribution in [0.1, 0.15) is 24.1 Å². The summed E-state index contributed by atoms with van der Waals surface area (Å²) >= 11 is 3.49. The number of nitrogens with zero attached hydrogens (tertiary/aromatic N) is 1. The van der Waals surface area contributed by atoms with E-state index in [4.69, 9.17) is 10.00 Å². The lowest BCUT2D eigenvalue weighted by Gasteiger charge is -2.18. The minimum Gasteiger partial charge on any atom is -0.479 e. The van der Waals surface area contributed by atoms with Gasteiger partial charge in [-0.25, -0.2) is 0 Å².